The molecule has 4 rings (SSSR count). The highest BCUT2D eigenvalue weighted by Gasteiger charge is 2.29. The van der Waals surface area contributed by atoms with E-state index in [9.17, 15) is 17.6 Å². The number of fused-ring (bicyclic) bond motifs is 1. The maximum Gasteiger partial charge on any atom is 0.264 e. The molecule has 1 amide bonds. The molecule has 0 saturated carbocycles. The first-order valence-corrected chi connectivity index (χ1v) is 12.8. The van der Waals surface area contributed by atoms with Gasteiger partial charge in [0.05, 0.1) is 16.6 Å². The number of aryl methyl sites for hydroxylation is 1. The van der Waals surface area contributed by atoms with Gasteiger partial charge in [-0.2, -0.15) is 0 Å². The predicted octanol–water partition coefficient (Wildman–Crippen LogP) is 4.23. The van der Waals surface area contributed by atoms with E-state index < -0.39 is 28.3 Å². The number of amides is 1. The fraction of sp³-hybridized carbons (Fsp3) is 0.269. The fourth-order valence-corrected chi connectivity index (χ4v) is 5.21. The van der Waals surface area contributed by atoms with Crippen molar-refractivity contribution >= 4 is 21.6 Å². The molecule has 1 heterocycles. The van der Waals surface area contributed by atoms with Crippen LogP contribution < -0.4 is 19.1 Å². The van der Waals surface area contributed by atoms with Crippen LogP contribution in [-0.4, -0.2) is 34.1 Å². The van der Waals surface area contributed by atoms with Gasteiger partial charge in [0.2, 0.25) is 5.91 Å². The normalized spacial score (nSPS) is 13.7. The van der Waals surface area contributed by atoms with Crippen LogP contribution in [0.4, 0.5) is 10.1 Å². The zero-order chi connectivity index (χ0) is 25.0. The van der Waals surface area contributed by atoms with Gasteiger partial charge in [0.15, 0.2) is 11.5 Å². The van der Waals surface area contributed by atoms with Crippen LogP contribution >= 0.6 is 0 Å². The lowest BCUT2D eigenvalue weighted by Gasteiger charge is -2.26. The Morgan fingerprint density at radius 3 is 2.31 bits per heavy atom. The number of carbonyl (C=O) groups excluding carboxylic acids is 1. The molecule has 3 aromatic carbocycles. The topological polar surface area (TPSA) is 84.9 Å². The van der Waals surface area contributed by atoms with Crippen molar-refractivity contribution in [3.05, 3.63) is 83.7 Å². The molecular formula is C26H27FN2O5S. The van der Waals surface area contributed by atoms with Gasteiger partial charge in [-0.1, -0.05) is 31.2 Å². The summed E-state index contributed by atoms with van der Waals surface area (Å²) in [5, 5.41) is 2.85. The monoisotopic (exact) mass is 498 g/mol. The lowest BCUT2D eigenvalue weighted by molar-refractivity contribution is -0.120. The number of sulfonamides is 1. The molecule has 7 nitrogen and oxygen atoms in total. The Labute approximate surface area is 204 Å². The Morgan fingerprint density at radius 2 is 1.66 bits per heavy atom. The first-order valence-electron chi connectivity index (χ1n) is 11.3. The first kappa shape index (κ1) is 24.5. The van der Waals surface area contributed by atoms with Crippen LogP contribution in [0, 0.1) is 5.82 Å². The smallest absolute Gasteiger partial charge is 0.264 e. The van der Waals surface area contributed by atoms with Gasteiger partial charge in [0.25, 0.3) is 10.0 Å². The van der Waals surface area contributed by atoms with Crippen LogP contribution in [0.1, 0.15) is 31.0 Å². The highest BCUT2D eigenvalue weighted by molar-refractivity contribution is 7.92. The van der Waals surface area contributed by atoms with E-state index in [1.165, 1.54) is 35.9 Å². The lowest BCUT2D eigenvalue weighted by atomic mass is 10.1. The molecule has 0 aromatic heterocycles. The Hall–Kier alpha value is -3.59. The van der Waals surface area contributed by atoms with Gasteiger partial charge in [0.1, 0.15) is 25.6 Å². The minimum absolute atomic E-state index is 0.0675. The van der Waals surface area contributed by atoms with Crippen LogP contribution in [-0.2, 0) is 21.2 Å². The van der Waals surface area contributed by atoms with Crippen LogP contribution in [0.5, 0.6) is 11.5 Å². The van der Waals surface area contributed by atoms with E-state index >= 15 is 0 Å². The number of halogens is 1. The molecule has 0 radical (unpaired) electrons. The van der Waals surface area contributed by atoms with Crippen molar-refractivity contribution in [2.24, 2.45) is 0 Å². The maximum absolute atomic E-state index is 13.6. The third-order valence-electron chi connectivity index (χ3n) is 5.77. The predicted molar refractivity (Wildman–Crippen MR) is 131 cm³/mol. The van der Waals surface area contributed by atoms with Crippen molar-refractivity contribution < 1.29 is 27.1 Å². The number of nitrogens with zero attached hydrogens (tertiary/aromatic N) is 1. The lowest BCUT2D eigenvalue weighted by Crippen LogP contribution is -2.41. The quantitative estimate of drug-likeness (QED) is 0.502. The van der Waals surface area contributed by atoms with Crippen molar-refractivity contribution in [2.45, 2.75) is 31.2 Å². The molecule has 1 unspecified atom stereocenters. The second-order valence-electron chi connectivity index (χ2n) is 8.18. The van der Waals surface area contributed by atoms with Gasteiger partial charge in [-0.3, -0.25) is 9.10 Å². The van der Waals surface area contributed by atoms with E-state index in [-0.39, 0.29) is 16.6 Å². The number of carbonyl (C=O) groups is 1. The first-order chi connectivity index (χ1) is 16.8. The Bertz CT molecular complexity index is 1290. The summed E-state index contributed by atoms with van der Waals surface area (Å²) in [6.07, 6.45) is 0.908. The van der Waals surface area contributed by atoms with Crippen molar-refractivity contribution in [2.75, 3.05) is 24.1 Å². The van der Waals surface area contributed by atoms with Crippen molar-refractivity contribution in [3.63, 3.8) is 0 Å². The molecule has 1 atom stereocenters. The van der Waals surface area contributed by atoms with Gasteiger partial charge in [0, 0.05) is 6.07 Å². The molecule has 9 heteroatoms. The summed E-state index contributed by atoms with van der Waals surface area (Å²) in [5.41, 5.74) is 2.25. The molecule has 35 heavy (non-hydrogen) atoms. The second kappa shape index (κ2) is 10.4. The molecule has 184 valence electrons. The molecule has 0 spiro atoms. The van der Waals surface area contributed by atoms with Gasteiger partial charge in [-0.15, -0.1) is 0 Å². The molecule has 0 fully saturated rings. The van der Waals surface area contributed by atoms with Gasteiger partial charge >= 0.3 is 0 Å². The molecule has 0 aliphatic carbocycles. The standard InChI is InChI=1S/C26H27FN2O5S/c1-3-19-4-6-20(7-5-19)18(2)28-26(30)17-29(22-10-8-21(27)9-11-22)35(31,32)23-12-13-24-25(16-23)34-15-14-33-24/h4-13,16,18H,3,14-15,17H2,1-2H3,(H,28,30). The van der Waals surface area contributed by atoms with Gasteiger partial charge in [-0.25, -0.2) is 12.8 Å². The largest absolute Gasteiger partial charge is 0.486 e. The molecule has 0 saturated heterocycles. The summed E-state index contributed by atoms with van der Waals surface area (Å²) < 4.78 is 52.8. The van der Waals surface area contributed by atoms with Gasteiger partial charge < -0.3 is 14.8 Å². The summed E-state index contributed by atoms with van der Waals surface area (Å²) in [5.74, 6) is -0.254. The maximum atomic E-state index is 13.6. The molecule has 0 bridgehead atoms. The van der Waals surface area contributed by atoms with E-state index in [2.05, 4.69) is 12.2 Å². The van der Waals surface area contributed by atoms with Crippen LogP contribution in [0.2, 0.25) is 0 Å². The molecule has 3 aromatic rings. The minimum Gasteiger partial charge on any atom is -0.486 e. The zero-order valence-corrected chi connectivity index (χ0v) is 20.3. The van der Waals surface area contributed by atoms with Crippen molar-refractivity contribution in [1.29, 1.82) is 0 Å². The third kappa shape index (κ3) is 5.57. The summed E-state index contributed by atoms with van der Waals surface area (Å²) in [4.78, 5) is 12.9. The summed E-state index contributed by atoms with van der Waals surface area (Å²) in [6.45, 7) is 4.08. The van der Waals surface area contributed by atoms with E-state index in [0.717, 1.165) is 28.4 Å². The van der Waals surface area contributed by atoms with Crippen LogP contribution in [0.15, 0.2) is 71.6 Å². The van der Waals surface area contributed by atoms with E-state index in [1.54, 1.807) is 0 Å². The van der Waals surface area contributed by atoms with Crippen LogP contribution in [0.3, 0.4) is 0 Å². The highest BCUT2D eigenvalue weighted by Crippen LogP contribution is 2.34. The fourth-order valence-electron chi connectivity index (χ4n) is 3.78. The van der Waals surface area contributed by atoms with E-state index in [0.29, 0.717) is 24.7 Å². The van der Waals surface area contributed by atoms with Crippen molar-refractivity contribution in [1.82, 2.24) is 5.32 Å². The second-order valence-corrected chi connectivity index (χ2v) is 10.0. The zero-order valence-electron chi connectivity index (χ0n) is 19.5. The number of anilines is 1. The number of ether oxygens (including phenoxy) is 2. The number of rotatable bonds is 8. The average Bonchev–Trinajstić information content (AvgIpc) is 2.87. The van der Waals surface area contributed by atoms with Gasteiger partial charge in [-0.05, 0) is 60.9 Å². The SMILES string of the molecule is CCc1ccc(C(C)NC(=O)CN(c2ccc(F)cc2)S(=O)(=O)c2ccc3c(c2)OCCO3)cc1. The molecule has 1 aliphatic rings. The molecular weight excluding hydrogens is 471 g/mol. The summed E-state index contributed by atoms with van der Waals surface area (Å²) >= 11 is 0. The summed E-state index contributed by atoms with van der Waals surface area (Å²) in [6, 6.07) is 16.8. The number of hydrogen-bond donors (Lipinski definition) is 1. The summed E-state index contributed by atoms with van der Waals surface area (Å²) in [7, 11) is -4.19. The Morgan fingerprint density at radius 1 is 1.00 bits per heavy atom. The molecule has 1 N–H and O–H groups in total. The van der Waals surface area contributed by atoms with Crippen LogP contribution in [0.25, 0.3) is 0 Å². The average molecular weight is 499 g/mol. The third-order valence-corrected chi connectivity index (χ3v) is 7.54. The molecule has 1 aliphatic heterocycles. The number of nitrogens with one attached hydrogen (secondary N) is 1. The number of hydrogen-bond acceptors (Lipinski definition) is 5. The van der Waals surface area contributed by atoms with Crippen molar-refractivity contribution in [3.8, 4) is 11.5 Å². The Balaban J connectivity index is 1.60. The highest BCUT2D eigenvalue weighted by atomic mass is 32.2. The van der Waals surface area contributed by atoms with E-state index in [1.807, 2.05) is 31.2 Å². The number of benzene rings is 3. The minimum atomic E-state index is -4.19. The van der Waals surface area contributed by atoms with E-state index in [4.69, 9.17) is 9.47 Å². The Kier molecular flexibility index (Phi) is 7.25.